The Morgan fingerprint density at radius 2 is 2.35 bits per heavy atom. The van der Waals surface area contributed by atoms with Crippen LogP contribution in [0.2, 0.25) is 0 Å². The zero-order chi connectivity index (χ0) is 12.3. The molecule has 1 aromatic rings. The second-order valence-electron chi connectivity index (χ2n) is 4.94. The number of carbonyl (C=O) groups is 1. The number of amides is 1. The molecule has 0 bridgehead atoms. The highest BCUT2D eigenvalue weighted by Gasteiger charge is 2.32. The Morgan fingerprint density at radius 3 is 2.94 bits per heavy atom. The number of nitrogens with one attached hydrogen (secondary N) is 2. The van der Waals surface area contributed by atoms with Crippen LogP contribution in [0.25, 0.3) is 0 Å². The molecule has 1 heterocycles. The summed E-state index contributed by atoms with van der Waals surface area (Å²) in [4.78, 5) is 11.6. The highest BCUT2D eigenvalue weighted by molar-refractivity contribution is 5.91. The zero-order valence-electron chi connectivity index (χ0n) is 9.94. The zero-order valence-corrected chi connectivity index (χ0v) is 9.94. The molecule has 0 aromatic carbocycles. The number of aromatic amines is 1. The van der Waals surface area contributed by atoms with Gasteiger partial charge in [-0.25, -0.2) is 0 Å². The van der Waals surface area contributed by atoms with Crippen LogP contribution >= 0.6 is 0 Å². The largest absolute Gasteiger partial charge is 0.388 e. The van der Waals surface area contributed by atoms with Crippen LogP contribution in [0.3, 0.4) is 0 Å². The minimum absolute atomic E-state index is 0.248. The lowest BCUT2D eigenvalue weighted by Gasteiger charge is -2.34. The maximum Gasteiger partial charge on any atom is 0.273 e. The Kier molecular flexibility index (Phi) is 3.42. The SMILES string of the molecule is CC1CCC(O)(CNC(=O)c2cn[nH]n2)CC1. The van der Waals surface area contributed by atoms with E-state index in [1.54, 1.807) is 0 Å². The van der Waals surface area contributed by atoms with Crippen LogP contribution < -0.4 is 5.32 Å². The summed E-state index contributed by atoms with van der Waals surface area (Å²) in [6.07, 6.45) is 4.87. The third kappa shape index (κ3) is 3.03. The van der Waals surface area contributed by atoms with Crippen LogP contribution in [-0.2, 0) is 0 Å². The molecule has 1 aromatic heterocycles. The molecule has 0 spiro atoms. The van der Waals surface area contributed by atoms with Gasteiger partial charge in [0.1, 0.15) is 0 Å². The molecule has 1 aliphatic carbocycles. The Balaban J connectivity index is 1.83. The summed E-state index contributed by atoms with van der Waals surface area (Å²) in [6.45, 7) is 2.47. The molecule has 6 nitrogen and oxygen atoms in total. The summed E-state index contributed by atoms with van der Waals surface area (Å²) in [7, 11) is 0. The van der Waals surface area contributed by atoms with Crippen molar-refractivity contribution in [2.45, 2.75) is 38.2 Å². The van der Waals surface area contributed by atoms with Gasteiger partial charge in [0.05, 0.1) is 11.8 Å². The molecule has 1 fully saturated rings. The first kappa shape index (κ1) is 12.0. The van der Waals surface area contributed by atoms with Gasteiger partial charge in [0, 0.05) is 6.54 Å². The molecular weight excluding hydrogens is 220 g/mol. The van der Waals surface area contributed by atoms with Crippen LogP contribution in [-0.4, -0.2) is 38.6 Å². The number of aromatic nitrogens is 3. The number of hydrogen-bond donors (Lipinski definition) is 3. The fourth-order valence-corrected chi connectivity index (χ4v) is 2.12. The van der Waals surface area contributed by atoms with E-state index < -0.39 is 5.60 Å². The average molecular weight is 238 g/mol. The average Bonchev–Trinajstić information content (AvgIpc) is 2.84. The van der Waals surface area contributed by atoms with Crippen molar-refractivity contribution in [3.63, 3.8) is 0 Å². The quantitative estimate of drug-likeness (QED) is 0.714. The fourth-order valence-electron chi connectivity index (χ4n) is 2.12. The summed E-state index contributed by atoms with van der Waals surface area (Å²) in [5.74, 6) is 0.368. The van der Waals surface area contributed by atoms with Crippen molar-refractivity contribution in [1.29, 1.82) is 0 Å². The van der Waals surface area contributed by atoms with Crippen LogP contribution in [0.5, 0.6) is 0 Å². The third-order valence-electron chi connectivity index (χ3n) is 3.43. The van der Waals surface area contributed by atoms with Crippen molar-refractivity contribution in [2.24, 2.45) is 5.92 Å². The van der Waals surface area contributed by atoms with Gasteiger partial charge in [0.15, 0.2) is 5.69 Å². The van der Waals surface area contributed by atoms with E-state index in [9.17, 15) is 9.90 Å². The van der Waals surface area contributed by atoms with E-state index in [1.165, 1.54) is 6.20 Å². The molecule has 1 saturated carbocycles. The van der Waals surface area contributed by atoms with E-state index in [1.807, 2.05) is 0 Å². The third-order valence-corrected chi connectivity index (χ3v) is 3.43. The standard InChI is InChI=1S/C11H18N4O2/c1-8-2-4-11(17,5-3-8)7-12-10(16)9-6-13-15-14-9/h6,8,17H,2-5,7H2,1H3,(H,12,16)(H,13,14,15). The van der Waals surface area contributed by atoms with Crippen LogP contribution in [0.4, 0.5) is 0 Å². The number of rotatable bonds is 3. The van der Waals surface area contributed by atoms with Crippen molar-refractivity contribution in [2.75, 3.05) is 6.54 Å². The Labute approximate surface area is 99.8 Å². The molecule has 0 radical (unpaired) electrons. The predicted molar refractivity (Wildman–Crippen MR) is 61.3 cm³/mol. The van der Waals surface area contributed by atoms with Crippen molar-refractivity contribution in [1.82, 2.24) is 20.7 Å². The lowest BCUT2D eigenvalue weighted by atomic mass is 9.79. The van der Waals surface area contributed by atoms with E-state index in [2.05, 4.69) is 27.7 Å². The van der Waals surface area contributed by atoms with E-state index in [-0.39, 0.29) is 18.1 Å². The normalized spacial score (nSPS) is 28.9. The highest BCUT2D eigenvalue weighted by atomic mass is 16.3. The van der Waals surface area contributed by atoms with Gasteiger partial charge < -0.3 is 10.4 Å². The van der Waals surface area contributed by atoms with Gasteiger partial charge in [0.25, 0.3) is 5.91 Å². The number of aliphatic hydroxyl groups is 1. The summed E-state index contributed by atoms with van der Waals surface area (Å²) < 4.78 is 0. The van der Waals surface area contributed by atoms with Crippen molar-refractivity contribution in [3.8, 4) is 0 Å². The number of nitrogens with zero attached hydrogens (tertiary/aromatic N) is 2. The first-order valence-corrected chi connectivity index (χ1v) is 5.95. The topological polar surface area (TPSA) is 90.9 Å². The Morgan fingerprint density at radius 1 is 1.65 bits per heavy atom. The van der Waals surface area contributed by atoms with Gasteiger partial charge in [-0.1, -0.05) is 6.92 Å². The van der Waals surface area contributed by atoms with Crippen LogP contribution in [0.1, 0.15) is 43.1 Å². The smallest absolute Gasteiger partial charge is 0.273 e. The minimum Gasteiger partial charge on any atom is -0.388 e. The van der Waals surface area contributed by atoms with Crippen molar-refractivity contribution < 1.29 is 9.90 Å². The molecule has 6 heteroatoms. The molecule has 0 aliphatic heterocycles. The summed E-state index contributed by atoms with van der Waals surface area (Å²) >= 11 is 0. The Bertz CT molecular complexity index is 369. The van der Waals surface area contributed by atoms with Gasteiger partial charge in [-0.2, -0.15) is 15.4 Å². The molecule has 0 saturated heterocycles. The molecule has 1 amide bonds. The first-order valence-electron chi connectivity index (χ1n) is 5.95. The number of hydrogen-bond acceptors (Lipinski definition) is 4. The van der Waals surface area contributed by atoms with Gasteiger partial charge >= 0.3 is 0 Å². The van der Waals surface area contributed by atoms with Crippen molar-refractivity contribution in [3.05, 3.63) is 11.9 Å². The number of carbonyl (C=O) groups excluding carboxylic acids is 1. The maximum atomic E-state index is 11.6. The summed E-state index contributed by atoms with van der Waals surface area (Å²) in [5.41, 5.74) is -0.510. The predicted octanol–water partition coefficient (Wildman–Crippen LogP) is 0.476. The summed E-state index contributed by atoms with van der Waals surface area (Å²) in [6, 6.07) is 0. The second-order valence-corrected chi connectivity index (χ2v) is 4.94. The van der Waals surface area contributed by atoms with Gasteiger partial charge in [-0.3, -0.25) is 4.79 Å². The van der Waals surface area contributed by atoms with Crippen LogP contribution in [0.15, 0.2) is 6.20 Å². The first-order chi connectivity index (χ1) is 8.09. The molecule has 0 atom stereocenters. The molecule has 2 rings (SSSR count). The second kappa shape index (κ2) is 4.83. The highest BCUT2D eigenvalue weighted by Crippen LogP contribution is 2.31. The fraction of sp³-hybridized carbons (Fsp3) is 0.727. The maximum absolute atomic E-state index is 11.6. The van der Waals surface area contributed by atoms with Gasteiger partial charge in [-0.05, 0) is 31.6 Å². The molecule has 0 unspecified atom stereocenters. The summed E-state index contributed by atoms with van der Waals surface area (Å²) in [5, 5.41) is 22.6. The van der Waals surface area contributed by atoms with Gasteiger partial charge in [0.2, 0.25) is 0 Å². The molecule has 3 N–H and O–H groups in total. The van der Waals surface area contributed by atoms with E-state index in [4.69, 9.17) is 0 Å². The number of H-pyrrole nitrogens is 1. The van der Waals surface area contributed by atoms with Crippen molar-refractivity contribution >= 4 is 5.91 Å². The molecular formula is C11H18N4O2. The van der Waals surface area contributed by atoms with Gasteiger partial charge in [-0.15, -0.1) is 0 Å². The van der Waals surface area contributed by atoms with E-state index in [0.717, 1.165) is 25.7 Å². The van der Waals surface area contributed by atoms with E-state index in [0.29, 0.717) is 5.92 Å². The molecule has 1 aliphatic rings. The molecule has 17 heavy (non-hydrogen) atoms. The molecule has 94 valence electrons. The Hall–Kier alpha value is -1.43. The lowest BCUT2D eigenvalue weighted by molar-refractivity contribution is -0.00543. The van der Waals surface area contributed by atoms with E-state index >= 15 is 0 Å². The minimum atomic E-state index is -0.758. The van der Waals surface area contributed by atoms with Crippen LogP contribution in [0, 0.1) is 5.92 Å². The monoisotopic (exact) mass is 238 g/mol. The lowest BCUT2D eigenvalue weighted by Crippen LogP contribution is -2.45.